The van der Waals surface area contributed by atoms with Gasteiger partial charge in [-0.05, 0) is 99.2 Å². The number of halogens is 2. The molecule has 8 N–H and O–H groups in total. The minimum Gasteiger partial charge on any atom is -0.370 e. The Morgan fingerprint density at radius 1 is 1.17 bits per heavy atom. The van der Waals surface area contributed by atoms with Crippen molar-refractivity contribution in [3.63, 3.8) is 0 Å². The van der Waals surface area contributed by atoms with Crippen LogP contribution in [0, 0.1) is 17.1 Å². The zero-order valence-electron chi connectivity index (χ0n) is 26.3. The van der Waals surface area contributed by atoms with Gasteiger partial charge in [-0.2, -0.15) is 4.98 Å². The molecule has 2 aliphatic rings. The van der Waals surface area contributed by atoms with E-state index in [0.29, 0.717) is 34.0 Å². The van der Waals surface area contributed by atoms with Crippen LogP contribution in [0.5, 0.6) is 0 Å². The zero-order chi connectivity index (χ0) is 32.4. The third-order valence-electron chi connectivity index (χ3n) is 9.31. The standard InChI is InChI=1S/C35H44ClFN8O/c1-20(38)4-2-5-22-15-28(32(37)29(36)16-22)31-17-24-19-45(35(46)44-33(24)43-31)27-12-10-23(11-13-27)30-7-3-6-25(41-30)18-26(42-34(39)40)14-21-8-9-21/h10-13,15-17,19-21,25-26,30,41H,2-9,14,18,38H2,1H3,(H4,39,40,42)(H,43,44,46)/t20-,25-,26+,30-/m0/s1. The first-order valence-electron chi connectivity index (χ1n) is 16.5. The van der Waals surface area contributed by atoms with E-state index in [1.165, 1.54) is 23.0 Å². The van der Waals surface area contributed by atoms with E-state index in [1.54, 1.807) is 24.4 Å². The lowest BCUT2D eigenvalue weighted by atomic mass is 9.89. The topological polar surface area (TPSA) is 151 Å². The van der Waals surface area contributed by atoms with Gasteiger partial charge >= 0.3 is 5.69 Å². The molecule has 46 heavy (non-hydrogen) atoms. The van der Waals surface area contributed by atoms with Crippen LogP contribution in [-0.2, 0) is 6.42 Å². The first-order chi connectivity index (χ1) is 22.1. The molecule has 1 saturated heterocycles. The van der Waals surface area contributed by atoms with Crippen molar-refractivity contribution in [3.05, 3.63) is 81.1 Å². The van der Waals surface area contributed by atoms with Gasteiger partial charge in [0.25, 0.3) is 0 Å². The molecule has 1 saturated carbocycles. The number of nitrogens with zero attached hydrogens (tertiary/aromatic N) is 2. The fourth-order valence-electron chi connectivity index (χ4n) is 6.81. The average molecular weight is 647 g/mol. The van der Waals surface area contributed by atoms with E-state index in [0.717, 1.165) is 62.8 Å². The van der Waals surface area contributed by atoms with Gasteiger partial charge in [0.05, 0.1) is 16.4 Å². The Morgan fingerprint density at radius 3 is 2.67 bits per heavy atom. The molecular formula is C35H44ClFN8O. The van der Waals surface area contributed by atoms with Crippen LogP contribution in [0.15, 0.2) is 53.5 Å². The summed E-state index contributed by atoms with van der Waals surface area (Å²) in [6.07, 6.45) is 12.0. The summed E-state index contributed by atoms with van der Waals surface area (Å²) >= 11 is 6.27. The second-order valence-corrected chi connectivity index (χ2v) is 13.7. The first kappa shape index (κ1) is 32.2. The molecule has 1 aliphatic heterocycles. The van der Waals surface area contributed by atoms with Gasteiger partial charge in [-0.1, -0.05) is 43.0 Å². The summed E-state index contributed by atoms with van der Waals surface area (Å²) in [4.78, 5) is 20.5. The molecular weight excluding hydrogens is 603 g/mol. The number of guanidine groups is 1. The predicted molar refractivity (Wildman–Crippen MR) is 183 cm³/mol. The lowest BCUT2D eigenvalue weighted by molar-refractivity contribution is 0.286. The van der Waals surface area contributed by atoms with E-state index in [-0.39, 0.29) is 29.1 Å². The molecule has 0 spiro atoms. The molecule has 1 aliphatic carbocycles. The van der Waals surface area contributed by atoms with Gasteiger partial charge in [0.15, 0.2) is 11.8 Å². The third-order valence-corrected chi connectivity index (χ3v) is 9.59. The smallest absolute Gasteiger partial charge is 0.354 e. The number of hydrogen-bond donors (Lipinski definition) is 6. The van der Waals surface area contributed by atoms with Crippen LogP contribution in [-0.4, -0.2) is 38.6 Å². The highest BCUT2D eigenvalue weighted by Gasteiger charge is 2.29. The van der Waals surface area contributed by atoms with E-state index >= 15 is 4.39 Å². The SMILES string of the molecule is C[C@H](N)CCCc1cc(Cl)c(F)c(-c2cc3cn(-c4ccc([C@@H]5CCC[C@@H](C[C@@H](CC6CC6)NC(=N)N)N5)cc4)c(=O)nc3[nH]2)c1. The highest BCUT2D eigenvalue weighted by atomic mass is 35.5. The Kier molecular flexibility index (Phi) is 9.77. The van der Waals surface area contributed by atoms with Crippen LogP contribution in [0.4, 0.5) is 4.39 Å². The predicted octanol–water partition coefficient (Wildman–Crippen LogP) is 6.07. The molecule has 9 nitrogen and oxygen atoms in total. The van der Waals surface area contributed by atoms with Crippen LogP contribution in [0.3, 0.4) is 0 Å². The number of piperidine rings is 1. The molecule has 4 atom stereocenters. The van der Waals surface area contributed by atoms with E-state index in [4.69, 9.17) is 28.5 Å². The van der Waals surface area contributed by atoms with Crippen molar-refractivity contribution in [2.24, 2.45) is 17.4 Å². The Labute approximate surface area is 273 Å². The fraction of sp³-hybridized carbons (Fsp3) is 0.457. The molecule has 2 fully saturated rings. The van der Waals surface area contributed by atoms with Gasteiger partial charge in [0.2, 0.25) is 0 Å². The summed E-state index contributed by atoms with van der Waals surface area (Å²) in [6.45, 7) is 1.97. The Morgan fingerprint density at radius 2 is 1.96 bits per heavy atom. The second kappa shape index (κ2) is 13.9. The second-order valence-electron chi connectivity index (χ2n) is 13.3. The maximum atomic E-state index is 15.2. The average Bonchev–Trinajstić information content (AvgIpc) is 3.74. The molecule has 2 aromatic carbocycles. The normalized spacial score (nSPS) is 19.7. The van der Waals surface area contributed by atoms with Gasteiger partial charge in [0.1, 0.15) is 5.65 Å². The van der Waals surface area contributed by atoms with Crippen LogP contribution >= 0.6 is 11.6 Å². The summed E-state index contributed by atoms with van der Waals surface area (Å²) in [5.41, 5.74) is 15.2. The largest absolute Gasteiger partial charge is 0.370 e. The van der Waals surface area contributed by atoms with Gasteiger partial charge in [-0.25, -0.2) is 9.18 Å². The number of aromatic nitrogens is 3. The molecule has 3 heterocycles. The number of nitrogens with two attached hydrogens (primary N) is 2. The number of aromatic amines is 1. The minimum absolute atomic E-state index is 0.0434. The number of rotatable bonds is 12. The fourth-order valence-corrected chi connectivity index (χ4v) is 7.05. The molecule has 4 aromatic rings. The summed E-state index contributed by atoms with van der Waals surface area (Å²) in [7, 11) is 0. The summed E-state index contributed by atoms with van der Waals surface area (Å²) in [5.74, 6) is 0.286. The molecule has 2 aromatic heterocycles. The molecule has 0 unspecified atom stereocenters. The summed E-state index contributed by atoms with van der Waals surface area (Å²) in [5, 5.41) is 15.5. The molecule has 0 radical (unpaired) electrons. The van der Waals surface area contributed by atoms with Gasteiger partial charge in [-0.15, -0.1) is 0 Å². The lowest BCUT2D eigenvalue weighted by Crippen LogP contribution is -2.46. The van der Waals surface area contributed by atoms with E-state index in [2.05, 4.69) is 32.7 Å². The number of aryl methyl sites for hydroxylation is 1. The lowest BCUT2D eigenvalue weighted by Gasteiger charge is -2.34. The zero-order valence-corrected chi connectivity index (χ0v) is 27.0. The number of hydrogen-bond acceptors (Lipinski definition) is 5. The van der Waals surface area contributed by atoms with Crippen LogP contribution < -0.4 is 27.8 Å². The molecule has 11 heteroatoms. The van der Waals surface area contributed by atoms with Crippen molar-refractivity contribution in [2.75, 3.05) is 0 Å². The molecule has 0 bridgehead atoms. The third kappa shape index (κ3) is 7.79. The summed E-state index contributed by atoms with van der Waals surface area (Å²) in [6, 6.07) is 14.2. The Balaban J connectivity index is 1.18. The van der Waals surface area contributed by atoms with E-state index in [9.17, 15) is 4.79 Å². The highest BCUT2D eigenvalue weighted by Crippen LogP contribution is 2.36. The van der Waals surface area contributed by atoms with E-state index in [1.807, 2.05) is 19.1 Å². The monoisotopic (exact) mass is 646 g/mol. The Hall–Kier alpha value is -3.73. The van der Waals surface area contributed by atoms with Crippen molar-refractivity contribution >= 4 is 28.6 Å². The van der Waals surface area contributed by atoms with Crippen molar-refractivity contribution in [1.82, 2.24) is 25.2 Å². The maximum Gasteiger partial charge on any atom is 0.354 e. The van der Waals surface area contributed by atoms with Crippen LogP contribution in [0.1, 0.15) is 81.9 Å². The van der Waals surface area contributed by atoms with E-state index < -0.39 is 11.5 Å². The van der Waals surface area contributed by atoms with Crippen LogP contribution in [0.2, 0.25) is 5.02 Å². The maximum absolute atomic E-state index is 15.2. The number of nitrogens with one attached hydrogen (secondary N) is 4. The minimum atomic E-state index is -0.512. The summed E-state index contributed by atoms with van der Waals surface area (Å²) < 4.78 is 16.7. The van der Waals surface area contributed by atoms with Crippen molar-refractivity contribution < 1.29 is 4.39 Å². The number of benzene rings is 2. The molecule has 6 rings (SSSR count). The quantitative estimate of drug-likeness (QED) is 0.0812. The van der Waals surface area contributed by atoms with Crippen molar-refractivity contribution in [3.8, 4) is 16.9 Å². The van der Waals surface area contributed by atoms with Crippen LogP contribution in [0.25, 0.3) is 28.0 Å². The first-order valence-corrected chi connectivity index (χ1v) is 16.8. The number of H-pyrrole nitrogens is 1. The van der Waals surface area contributed by atoms with Gasteiger partial charge in [-0.3, -0.25) is 9.98 Å². The highest BCUT2D eigenvalue weighted by molar-refractivity contribution is 6.31. The number of fused-ring (bicyclic) bond motifs is 1. The van der Waals surface area contributed by atoms with Crippen molar-refractivity contribution in [1.29, 1.82) is 5.41 Å². The Bertz CT molecular complexity index is 1750. The molecule has 244 valence electrons. The van der Waals surface area contributed by atoms with Gasteiger partial charge < -0.3 is 27.1 Å². The van der Waals surface area contributed by atoms with Gasteiger partial charge in [0, 0.05) is 41.3 Å². The van der Waals surface area contributed by atoms with Crippen molar-refractivity contribution in [2.45, 2.75) is 95.3 Å². The molecule has 0 amide bonds.